The van der Waals surface area contributed by atoms with Gasteiger partial charge in [0.1, 0.15) is 35.7 Å². The fourth-order valence-corrected chi connectivity index (χ4v) is 3.76. The summed E-state index contributed by atoms with van der Waals surface area (Å²) in [5, 5.41) is 1.08. The second kappa shape index (κ2) is 8.06. The van der Waals surface area contributed by atoms with Crippen molar-refractivity contribution < 1.29 is 23.1 Å². The van der Waals surface area contributed by atoms with Crippen LogP contribution in [0.4, 0.5) is 0 Å². The molecular formula is C24H21NO5. The van der Waals surface area contributed by atoms with E-state index in [9.17, 15) is 4.79 Å². The lowest BCUT2D eigenvalue weighted by Crippen LogP contribution is -2.14. The molecule has 2 aromatic carbocycles. The fourth-order valence-electron chi connectivity index (χ4n) is 3.76. The van der Waals surface area contributed by atoms with Gasteiger partial charge in [-0.25, -0.2) is 9.78 Å². The van der Waals surface area contributed by atoms with Crippen LogP contribution >= 0.6 is 0 Å². The molecule has 30 heavy (non-hydrogen) atoms. The van der Waals surface area contributed by atoms with Gasteiger partial charge in [0.15, 0.2) is 6.61 Å². The Bertz CT molecular complexity index is 1180. The number of nitrogens with zero attached hydrogens (tertiary/aromatic N) is 1. The monoisotopic (exact) mass is 403 g/mol. The van der Waals surface area contributed by atoms with E-state index in [1.165, 1.54) is 24.7 Å². The van der Waals surface area contributed by atoms with Crippen LogP contribution in [0.1, 0.15) is 29.9 Å². The van der Waals surface area contributed by atoms with Crippen LogP contribution in [-0.2, 0) is 29.0 Å². The fraction of sp³-hybridized carbons (Fsp3) is 0.250. The average Bonchev–Trinajstić information content (AvgIpc) is 3.41. The molecule has 0 N–H and O–H groups in total. The third-order valence-electron chi connectivity index (χ3n) is 5.24. The SMILES string of the molecule is O=C(COc1ccc2oc3c(c2c1)CCCC3)OCc1coc(-c2ccccc2)n1. The maximum absolute atomic E-state index is 12.1. The van der Waals surface area contributed by atoms with Crippen LogP contribution in [0.3, 0.4) is 0 Å². The summed E-state index contributed by atoms with van der Waals surface area (Å²) < 4.78 is 22.3. The summed E-state index contributed by atoms with van der Waals surface area (Å²) in [5.74, 6) is 1.74. The maximum atomic E-state index is 12.1. The summed E-state index contributed by atoms with van der Waals surface area (Å²) in [4.78, 5) is 16.4. The molecule has 6 nitrogen and oxygen atoms in total. The first-order valence-electron chi connectivity index (χ1n) is 10.1. The zero-order chi connectivity index (χ0) is 20.3. The second-order valence-electron chi connectivity index (χ2n) is 7.33. The largest absolute Gasteiger partial charge is 0.482 e. The van der Waals surface area contributed by atoms with E-state index in [-0.39, 0.29) is 13.2 Å². The van der Waals surface area contributed by atoms with Gasteiger partial charge in [-0.2, -0.15) is 0 Å². The zero-order valence-corrected chi connectivity index (χ0v) is 16.4. The Morgan fingerprint density at radius 3 is 2.83 bits per heavy atom. The van der Waals surface area contributed by atoms with Gasteiger partial charge in [-0.05, 0) is 49.6 Å². The van der Waals surface area contributed by atoms with Crippen molar-refractivity contribution in [3.05, 3.63) is 71.8 Å². The van der Waals surface area contributed by atoms with E-state index in [0.717, 1.165) is 35.1 Å². The van der Waals surface area contributed by atoms with Gasteiger partial charge in [0, 0.05) is 22.9 Å². The van der Waals surface area contributed by atoms with Crippen LogP contribution in [0.15, 0.2) is 63.6 Å². The number of rotatable bonds is 6. The lowest BCUT2D eigenvalue weighted by Gasteiger charge is -2.09. The summed E-state index contributed by atoms with van der Waals surface area (Å²) in [7, 11) is 0. The van der Waals surface area contributed by atoms with E-state index in [2.05, 4.69) is 4.98 Å². The highest BCUT2D eigenvalue weighted by molar-refractivity contribution is 5.84. The van der Waals surface area contributed by atoms with Crippen LogP contribution in [0.25, 0.3) is 22.4 Å². The van der Waals surface area contributed by atoms with Gasteiger partial charge in [-0.3, -0.25) is 0 Å². The Kier molecular flexibility index (Phi) is 4.97. The minimum atomic E-state index is -0.464. The van der Waals surface area contributed by atoms with Gasteiger partial charge in [0.05, 0.1) is 0 Å². The molecule has 5 rings (SSSR count). The quantitative estimate of drug-likeness (QED) is 0.418. The molecule has 0 radical (unpaired) electrons. The molecule has 0 bridgehead atoms. The number of aryl methyl sites for hydroxylation is 2. The standard InChI is InChI=1S/C24H21NO5/c26-23(28-13-17-14-29-24(25-17)16-6-2-1-3-7-16)15-27-18-10-11-22-20(12-18)19-8-4-5-9-21(19)30-22/h1-3,6-7,10-12,14H,4-5,8-9,13,15H2. The van der Waals surface area contributed by atoms with Crippen molar-refractivity contribution >= 4 is 16.9 Å². The molecule has 0 atom stereocenters. The highest BCUT2D eigenvalue weighted by Crippen LogP contribution is 2.33. The molecule has 152 valence electrons. The van der Waals surface area contributed by atoms with E-state index in [4.69, 9.17) is 18.3 Å². The first-order valence-corrected chi connectivity index (χ1v) is 10.1. The third kappa shape index (κ3) is 3.81. The van der Waals surface area contributed by atoms with Crippen molar-refractivity contribution in [2.75, 3.05) is 6.61 Å². The van der Waals surface area contributed by atoms with E-state index in [0.29, 0.717) is 17.3 Å². The van der Waals surface area contributed by atoms with Gasteiger partial charge in [-0.15, -0.1) is 0 Å². The number of oxazole rings is 1. The number of hydrogen-bond donors (Lipinski definition) is 0. The molecule has 1 aliphatic rings. The van der Waals surface area contributed by atoms with Crippen LogP contribution in [-0.4, -0.2) is 17.6 Å². The molecular weight excluding hydrogens is 382 g/mol. The lowest BCUT2D eigenvalue weighted by molar-refractivity contribution is -0.147. The molecule has 6 heteroatoms. The van der Waals surface area contributed by atoms with Gasteiger partial charge < -0.3 is 18.3 Å². The Labute approximate surface area is 173 Å². The molecule has 0 saturated carbocycles. The third-order valence-corrected chi connectivity index (χ3v) is 5.24. The van der Waals surface area contributed by atoms with Crippen molar-refractivity contribution in [1.82, 2.24) is 4.98 Å². The predicted octanol–water partition coefficient (Wildman–Crippen LogP) is 5.09. The minimum Gasteiger partial charge on any atom is -0.482 e. The van der Waals surface area contributed by atoms with Crippen LogP contribution in [0.2, 0.25) is 0 Å². The van der Waals surface area contributed by atoms with E-state index in [1.807, 2.05) is 48.5 Å². The number of hydrogen-bond acceptors (Lipinski definition) is 6. The molecule has 0 aliphatic heterocycles. The first-order chi connectivity index (χ1) is 14.8. The Morgan fingerprint density at radius 2 is 1.93 bits per heavy atom. The number of esters is 1. The summed E-state index contributed by atoms with van der Waals surface area (Å²) in [6.07, 6.45) is 5.84. The van der Waals surface area contributed by atoms with Gasteiger partial charge >= 0.3 is 5.97 Å². The first kappa shape index (κ1) is 18.5. The highest BCUT2D eigenvalue weighted by Gasteiger charge is 2.18. The van der Waals surface area contributed by atoms with Gasteiger partial charge in [-0.1, -0.05) is 18.2 Å². The number of furan rings is 1. The van der Waals surface area contributed by atoms with E-state index >= 15 is 0 Å². The summed E-state index contributed by atoms with van der Waals surface area (Å²) >= 11 is 0. The Morgan fingerprint density at radius 1 is 1.07 bits per heavy atom. The molecule has 2 heterocycles. The van der Waals surface area contributed by atoms with Crippen molar-refractivity contribution in [2.24, 2.45) is 0 Å². The number of aromatic nitrogens is 1. The van der Waals surface area contributed by atoms with Crippen molar-refractivity contribution in [1.29, 1.82) is 0 Å². The zero-order valence-electron chi connectivity index (χ0n) is 16.4. The molecule has 1 aliphatic carbocycles. The highest BCUT2D eigenvalue weighted by atomic mass is 16.6. The normalized spacial score (nSPS) is 13.2. The molecule has 4 aromatic rings. The van der Waals surface area contributed by atoms with Gasteiger partial charge in [0.25, 0.3) is 0 Å². The van der Waals surface area contributed by atoms with Gasteiger partial charge in [0.2, 0.25) is 5.89 Å². The van der Waals surface area contributed by atoms with E-state index in [1.54, 1.807) is 0 Å². The number of ether oxygens (including phenoxy) is 2. The lowest BCUT2D eigenvalue weighted by atomic mass is 9.96. The summed E-state index contributed by atoms with van der Waals surface area (Å²) in [5.41, 5.74) is 3.56. The maximum Gasteiger partial charge on any atom is 0.344 e. The summed E-state index contributed by atoms with van der Waals surface area (Å²) in [6.45, 7) is -0.137. The molecule has 0 saturated heterocycles. The Hall–Kier alpha value is -3.54. The van der Waals surface area contributed by atoms with Crippen molar-refractivity contribution in [2.45, 2.75) is 32.3 Å². The predicted molar refractivity (Wildman–Crippen MR) is 110 cm³/mol. The molecule has 0 fully saturated rings. The van der Waals surface area contributed by atoms with E-state index < -0.39 is 5.97 Å². The molecule has 0 unspecified atom stereocenters. The van der Waals surface area contributed by atoms with Crippen molar-refractivity contribution in [3.8, 4) is 17.2 Å². The topological polar surface area (TPSA) is 74.7 Å². The summed E-state index contributed by atoms with van der Waals surface area (Å²) in [6, 6.07) is 15.2. The van der Waals surface area contributed by atoms with Crippen LogP contribution < -0.4 is 4.74 Å². The molecule has 0 spiro atoms. The number of fused-ring (bicyclic) bond motifs is 3. The number of carbonyl (C=O) groups is 1. The second-order valence-corrected chi connectivity index (χ2v) is 7.33. The number of carbonyl (C=O) groups excluding carboxylic acids is 1. The van der Waals surface area contributed by atoms with Crippen LogP contribution in [0, 0.1) is 0 Å². The molecule has 0 amide bonds. The van der Waals surface area contributed by atoms with Crippen LogP contribution in [0.5, 0.6) is 5.75 Å². The minimum absolute atomic E-state index is 0.0345. The smallest absolute Gasteiger partial charge is 0.344 e. The number of benzene rings is 2. The average molecular weight is 403 g/mol. The molecule has 2 aromatic heterocycles. The Balaban J connectivity index is 1.17. The van der Waals surface area contributed by atoms with Crippen molar-refractivity contribution in [3.63, 3.8) is 0 Å².